The van der Waals surface area contributed by atoms with Crippen LogP contribution >= 0.6 is 23.4 Å². The Morgan fingerprint density at radius 2 is 2.15 bits per heavy atom. The summed E-state index contributed by atoms with van der Waals surface area (Å²) < 4.78 is 1.88. The molecule has 0 fully saturated rings. The van der Waals surface area contributed by atoms with Gasteiger partial charge >= 0.3 is 0 Å². The lowest BCUT2D eigenvalue weighted by molar-refractivity contribution is -0.113. The molecule has 2 heterocycles. The summed E-state index contributed by atoms with van der Waals surface area (Å²) in [7, 11) is 0. The first-order chi connectivity index (χ1) is 12.7. The molecule has 0 saturated heterocycles. The van der Waals surface area contributed by atoms with Gasteiger partial charge < -0.3 is 5.32 Å². The van der Waals surface area contributed by atoms with Crippen LogP contribution < -0.4 is 5.32 Å². The van der Waals surface area contributed by atoms with Crippen LogP contribution in [0.4, 0.5) is 5.69 Å². The molecule has 3 aromatic rings. The molecule has 3 rings (SSSR count). The fourth-order valence-electron chi connectivity index (χ4n) is 2.27. The van der Waals surface area contributed by atoms with Crippen LogP contribution in [-0.4, -0.2) is 31.4 Å². The van der Waals surface area contributed by atoms with Gasteiger partial charge in [0, 0.05) is 23.5 Å². The number of nitrogens with zero attached hydrogens (tertiary/aromatic N) is 4. The molecule has 132 valence electrons. The van der Waals surface area contributed by atoms with E-state index >= 15 is 0 Å². The zero-order valence-corrected chi connectivity index (χ0v) is 15.4. The third-order valence-electron chi connectivity index (χ3n) is 3.36. The smallest absolute Gasteiger partial charge is 0.234 e. The maximum absolute atomic E-state index is 12.2. The summed E-state index contributed by atoms with van der Waals surface area (Å²) in [4.78, 5) is 16.5. The Bertz CT molecular complexity index is 913. The number of carbonyl (C=O) groups excluding carboxylic acids is 1. The Kier molecular flexibility index (Phi) is 6.04. The van der Waals surface area contributed by atoms with Crippen LogP contribution in [0, 0.1) is 0 Å². The van der Waals surface area contributed by atoms with E-state index < -0.39 is 0 Å². The number of benzene rings is 1. The molecular formula is C18H16ClN5OS. The van der Waals surface area contributed by atoms with Gasteiger partial charge in [-0.3, -0.25) is 14.3 Å². The van der Waals surface area contributed by atoms with Gasteiger partial charge in [0.2, 0.25) is 5.91 Å². The van der Waals surface area contributed by atoms with Crippen molar-refractivity contribution in [3.05, 3.63) is 66.3 Å². The largest absolute Gasteiger partial charge is 0.325 e. The van der Waals surface area contributed by atoms with Crippen molar-refractivity contribution in [1.29, 1.82) is 0 Å². The van der Waals surface area contributed by atoms with Gasteiger partial charge in [-0.15, -0.1) is 16.8 Å². The fourth-order valence-corrected chi connectivity index (χ4v) is 3.21. The van der Waals surface area contributed by atoms with Crippen LogP contribution in [0.5, 0.6) is 0 Å². The normalized spacial score (nSPS) is 10.5. The second kappa shape index (κ2) is 8.64. The van der Waals surface area contributed by atoms with Gasteiger partial charge in [-0.25, -0.2) is 0 Å². The topological polar surface area (TPSA) is 72.7 Å². The minimum Gasteiger partial charge on any atom is -0.325 e. The van der Waals surface area contributed by atoms with Crippen molar-refractivity contribution in [3.8, 4) is 11.5 Å². The zero-order chi connectivity index (χ0) is 18.4. The number of nitrogens with one attached hydrogen (secondary N) is 1. The molecule has 0 radical (unpaired) electrons. The molecule has 8 heteroatoms. The lowest BCUT2D eigenvalue weighted by atomic mass is 10.3. The first-order valence-electron chi connectivity index (χ1n) is 7.81. The molecule has 1 N–H and O–H groups in total. The molecule has 0 aliphatic carbocycles. The quantitative estimate of drug-likeness (QED) is 0.493. The number of pyridine rings is 1. The van der Waals surface area contributed by atoms with E-state index in [4.69, 9.17) is 11.6 Å². The third kappa shape index (κ3) is 4.50. The summed E-state index contributed by atoms with van der Waals surface area (Å²) >= 11 is 7.23. The highest BCUT2D eigenvalue weighted by Gasteiger charge is 2.15. The van der Waals surface area contributed by atoms with Gasteiger partial charge in [-0.1, -0.05) is 41.6 Å². The summed E-state index contributed by atoms with van der Waals surface area (Å²) in [6, 6.07) is 12.6. The number of amides is 1. The average Bonchev–Trinajstić information content (AvgIpc) is 3.04. The van der Waals surface area contributed by atoms with Crippen LogP contribution in [-0.2, 0) is 11.3 Å². The van der Waals surface area contributed by atoms with Crippen molar-refractivity contribution in [2.75, 3.05) is 11.1 Å². The average molecular weight is 386 g/mol. The summed E-state index contributed by atoms with van der Waals surface area (Å²) in [6.45, 7) is 4.30. The minimum absolute atomic E-state index is 0.148. The molecule has 1 aromatic carbocycles. The lowest BCUT2D eigenvalue weighted by Gasteiger charge is -2.08. The maximum Gasteiger partial charge on any atom is 0.234 e. The number of allylic oxidation sites excluding steroid dienone is 1. The second-order valence-corrected chi connectivity index (χ2v) is 6.65. The number of aromatic nitrogens is 4. The SMILES string of the molecule is C=CCn1c(SCC(=O)Nc2cccc(Cl)c2)nnc1-c1ccccn1. The molecule has 2 aromatic heterocycles. The lowest BCUT2D eigenvalue weighted by Crippen LogP contribution is -2.14. The van der Waals surface area contributed by atoms with E-state index in [1.54, 1.807) is 36.5 Å². The van der Waals surface area contributed by atoms with Crippen molar-refractivity contribution in [1.82, 2.24) is 19.7 Å². The van der Waals surface area contributed by atoms with Crippen LogP contribution in [0.2, 0.25) is 5.02 Å². The van der Waals surface area contributed by atoms with Crippen LogP contribution in [0.15, 0.2) is 66.5 Å². The van der Waals surface area contributed by atoms with Crippen molar-refractivity contribution >= 4 is 35.0 Å². The number of carbonyl (C=O) groups is 1. The Labute approximate surface area is 160 Å². The molecule has 0 aliphatic heterocycles. The number of hydrogen-bond donors (Lipinski definition) is 1. The van der Waals surface area contributed by atoms with Crippen LogP contribution in [0.3, 0.4) is 0 Å². The van der Waals surface area contributed by atoms with E-state index in [9.17, 15) is 4.79 Å². The predicted molar refractivity (Wildman–Crippen MR) is 104 cm³/mol. The monoisotopic (exact) mass is 385 g/mol. The minimum atomic E-state index is -0.148. The Morgan fingerprint density at radius 1 is 1.27 bits per heavy atom. The van der Waals surface area contributed by atoms with Crippen molar-refractivity contribution in [2.45, 2.75) is 11.7 Å². The molecule has 0 saturated carbocycles. The van der Waals surface area contributed by atoms with Gasteiger partial charge in [0.25, 0.3) is 0 Å². The fraction of sp³-hybridized carbons (Fsp3) is 0.111. The highest BCUT2D eigenvalue weighted by atomic mass is 35.5. The summed E-state index contributed by atoms with van der Waals surface area (Å²) in [5, 5.41) is 12.4. The molecule has 0 unspecified atom stereocenters. The summed E-state index contributed by atoms with van der Waals surface area (Å²) in [5.41, 5.74) is 1.38. The molecule has 0 atom stereocenters. The molecular weight excluding hydrogens is 370 g/mol. The van der Waals surface area contributed by atoms with E-state index in [1.165, 1.54) is 11.8 Å². The van der Waals surface area contributed by atoms with Crippen molar-refractivity contribution in [2.24, 2.45) is 0 Å². The number of thioether (sulfide) groups is 1. The number of rotatable bonds is 7. The molecule has 6 nitrogen and oxygen atoms in total. The van der Waals surface area contributed by atoms with E-state index in [-0.39, 0.29) is 11.7 Å². The van der Waals surface area contributed by atoms with Crippen LogP contribution in [0.1, 0.15) is 0 Å². The Hall–Kier alpha value is -2.64. The number of anilines is 1. The highest BCUT2D eigenvalue weighted by molar-refractivity contribution is 7.99. The van der Waals surface area contributed by atoms with E-state index in [0.29, 0.717) is 28.2 Å². The summed E-state index contributed by atoms with van der Waals surface area (Å²) in [5.74, 6) is 0.692. The van der Waals surface area contributed by atoms with Gasteiger partial charge in [-0.2, -0.15) is 0 Å². The first-order valence-corrected chi connectivity index (χ1v) is 9.17. The Morgan fingerprint density at radius 3 is 2.88 bits per heavy atom. The second-order valence-electron chi connectivity index (χ2n) is 5.27. The van der Waals surface area contributed by atoms with Gasteiger partial charge in [0.15, 0.2) is 11.0 Å². The zero-order valence-electron chi connectivity index (χ0n) is 13.8. The predicted octanol–water partition coefficient (Wildman–Crippen LogP) is 3.91. The van der Waals surface area contributed by atoms with Gasteiger partial charge in [0.05, 0.1) is 5.75 Å². The maximum atomic E-state index is 12.2. The van der Waals surface area contributed by atoms with Crippen LogP contribution in [0.25, 0.3) is 11.5 Å². The first kappa shape index (κ1) is 18.2. The van der Waals surface area contributed by atoms with E-state index in [1.807, 2.05) is 22.8 Å². The highest BCUT2D eigenvalue weighted by Crippen LogP contribution is 2.23. The molecule has 0 bridgehead atoms. The van der Waals surface area contributed by atoms with Gasteiger partial charge in [0.1, 0.15) is 5.69 Å². The molecule has 0 aliphatic rings. The molecule has 26 heavy (non-hydrogen) atoms. The number of halogens is 1. The number of hydrogen-bond acceptors (Lipinski definition) is 5. The summed E-state index contributed by atoms with van der Waals surface area (Å²) in [6.07, 6.45) is 3.46. The van der Waals surface area contributed by atoms with Gasteiger partial charge in [-0.05, 0) is 30.3 Å². The van der Waals surface area contributed by atoms with E-state index in [2.05, 4.69) is 27.1 Å². The van der Waals surface area contributed by atoms with Crippen molar-refractivity contribution in [3.63, 3.8) is 0 Å². The van der Waals surface area contributed by atoms with E-state index in [0.717, 1.165) is 5.69 Å². The Balaban J connectivity index is 1.70. The third-order valence-corrected chi connectivity index (χ3v) is 4.57. The van der Waals surface area contributed by atoms with Crippen molar-refractivity contribution < 1.29 is 4.79 Å². The molecule has 0 spiro atoms. The standard InChI is InChI=1S/C18H16ClN5OS/c1-2-10-24-17(15-8-3-4-9-20-15)22-23-18(24)26-12-16(25)21-14-7-5-6-13(19)11-14/h2-9,11H,1,10,12H2,(H,21,25). The molecule has 1 amide bonds.